The van der Waals surface area contributed by atoms with Crippen molar-refractivity contribution in [2.45, 2.75) is 165 Å². The van der Waals surface area contributed by atoms with Crippen LogP contribution in [0.4, 0.5) is 4.79 Å². The molecule has 5 amide bonds. The average molecular weight is 734 g/mol. The third-order valence-corrected chi connectivity index (χ3v) is 14.2. The number of rotatable bonds is 7. The topological polar surface area (TPSA) is 171 Å². The van der Waals surface area contributed by atoms with Gasteiger partial charge in [0, 0.05) is 13.1 Å². The van der Waals surface area contributed by atoms with Gasteiger partial charge in [0.1, 0.15) is 12.1 Å². The molecule has 4 rings (SSSR count). The maximum absolute atomic E-state index is 14.6. The number of sulfone groups is 1. The Morgan fingerprint density at radius 2 is 1.51 bits per heavy atom. The molecule has 0 aromatic carbocycles. The SMILES string of the molecule is C=CCNC(=O)C(=O)[C@@H]1CCCCCCCCCC[C@H](NC(=O)NC2([C@H]3CCCS3(=O)=O)CCCCC2)C(=O)N2C[C@H](C(C)(C)C)C[C@H]2C(=O)N1. The molecule has 0 radical (unpaired) electrons. The van der Waals surface area contributed by atoms with E-state index in [4.69, 9.17) is 0 Å². The minimum absolute atomic E-state index is 0.0274. The molecule has 288 valence electrons. The molecule has 51 heavy (non-hydrogen) atoms. The normalized spacial score (nSPS) is 29.5. The van der Waals surface area contributed by atoms with E-state index in [1.807, 2.05) is 0 Å². The first-order valence-corrected chi connectivity index (χ1v) is 21.2. The molecule has 1 aliphatic carbocycles. The van der Waals surface area contributed by atoms with Crippen molar-refractivity contribution in [1.82, 2.24) is 26.2 Å². The van der Waals surface area contributed by atoms with Crippen LogP contribution in [0.5, 0.6) is 0 Å². The summed E-state index contributed by atoms with van der Waals surface area (Å²) in [6, 6.07) is -3.38. The summed E-state index contributed by atoms with van der Waals surface area (Å²) < 4.78 is 26.2. The number of hydrogen-bond donors (Lipinski definition) is 4. The number of carbonyl (C=O) groups is 5. The van der Waals surface area contributed by atoms with Gasteiger partial charge in [-0.1, -0.05) is 97.5 Å². The average Bonchev–Trinajstić information content (AvgIpc) is 3.70. The van der Waals surface area contributed by atoms with Crippen LogP contribution in [-0.4, -0.2) is 90.6 Å². The van der Waals surface area contributed by atoms with Crippen LogP contribution in [0, 0.1) is 11.3 Å². The van der Waals surface area contributed by atoms with E-state index >= 15 is 0 Å². The van der Waals surface area contributed by atoms with Gasteiger partial charge in [0.25, 0.3) is 5.91 Å². The highest BCUT2D eigenvalue weighted by atomic mass is 32.2. The number of carbonyl (C=O) groups excluding carboxylic acids is 5. The number of ketones is 1. The first-order valence-electron chi connectivity index (χ1n) is 19.5. The predicted octanol–water partition coefficient (Wildman–Crippen LogP) is 4.47. The maximum Gasteiger partial charge on any atom is 0.315 e. The van der Waals surface area contributed by atoms with E-state index in [9.17, 15) is 32.4 Å². The smallest absolute Gasteiger partial charge is 0.315 e. The molecule has 0 unspecified atom stereocenters. The lowest BCUT2D eigenvalue weighted by Crippen LogP contribution is -2.63. The fourth-order valence-electron chi connectivity index (χ4n) is 8.66. The molecule has 4 fully saturated rings. The second-order valence-electron chi connectivity index (χ2n) is 16.5. The molecule has 5 atom stereocenters. The lowest BCUT2D eigenvalue weighted by Gasteiger charge is -2.42. The standard InChI is InChI=1S/C38H63N5O7S/c1-5-23-39-34(46)32(44)28-18-13-10-8-6-7-9-11-14-19-29(35(47)43-26-27(37(2,3)4)25-30(43)33(45)40-28)41-36(48)42-38(21-15-12-16-22-38)31-20-17-24-51(31,49)50/h5,27-31H,1,6-26H2,2-4H3,(H,39,46)(H,40,45)(H2,41,42,48)/t27-,28+,29+,30+,31-/m1/s1. The second kappa shape index (κ2) is 18.2. The monoisotopic (exact) mass is 733 g/mol. The molecule has 0 aromatic heterocycles. The number of urea groups is 1. The summed E-state index contributed by atoms with van der Waals surface area (Å²) in [6.45, 7) is 10.2. The Morgan fingerprint density at radius 3 is 2.10 bits per heavy atom. The van der Waals surface area contributed by atoms with E-state index in [0.717, 1.165) is 57.8 Å². The van der Waals surface area contributed by atoms with Crippen LogP contribution in [0.25, 0.3) is 0 Å². The quantitative estimate of drug-likeness (QED) is 0.221. The zero-order valence-corrected chi connectivity index (χ0v) is 32.1. The van der Waals surface area contributed by atoms with Crippen molar-refractivity contribution in [2.75, 3.05) is 18.8 Å². The third kappa shape index (κ3) is 10.8. The Morgan fingerprint density at radius 1 is 0.902 bits per heavy atom. The van der Waals surface area contributed by atoms with E-state index in [-0.39, 0.29) is 29.5 Å². The van der Waals surface area contributed by atoms with Gasteiger partial charge in [-0.05, 0) is 56.3 Å². The van der Waals surface area contributed by atoms with Crippen LogP contribution in [0.3, 0.4) is 0 Å². The molecule has 3 heterocycles. The minimum atomic E-state index is -3.35. The van der Waals surface area contributed by atoms with E-state index < -0.39 is 62.4 Å². The summed E-state index contributed by atoms with van der Waals surface area (Å²) >= 11 is 0. The molecule has 13 heteroatoms. The number of nitrogens with one attached hydrogen (secondary N) is 4. The van der Waals surface area contributed by atoms with Crippen LogP contribution in [0.1, 0.15) is 136 Å². The molecule has 0 bridgehead atoms. The second-order valence-corrected chi connectivity index (χ2v) is 18.8. The Kier molecular flexibility index (Phi) is 14.6. The summed E-state index contributed by atoms with van der Waals surface area (Å²) in [5.41, 5.74) is -1.10. The minimum Gasteiger partial charge on any atom is -0.346 e. The molecule has 0 spiro atoms. The highest BCUT2D eigenvalue weighted by molar-refractivity contribution is 7.92. The van der Waals surface area contributed by atoms with Gasteiger partial charge in [-0.2, -0.15) is 0 Å². The Hall–Kier alpha value is -2.96. The molecule has 3 saturated heterocycles. The zero-order chi connectivity index (χ0) is 37.2. The number of nitrogens with zero attached hydrogens (tertiary/aromatic N) is 1. The zero-order valence-electron chi connectivity index (χ0n) is 31.2. The van der Waals surface area contributed by atoms with Gasteiger partial charge in [-0.3, -0.25) is 19.2 Å². The lowest BCUT2D eigenvalue weighted by atomic mass is 9.78. The number of amides is 5. The fourth-order valence-corrected chi connectivity index (χ4v) is 11.0. The molecule has 12 nitrogen and oxygen atoms in total. The van der Waals surface area contributed by atoms with Gasteiger partial charge < -0.3 is 26.2 Å². The number of Topliss-reactive ketones (excluding diaryl/α,β-unsaturated/α-hetero) is 1. The van der Waals surface area contributed by atoms with Crippen LogP contribution < -0.4 is 21.3 Å². The van der Waals surface area contributed by atoms with Gasteiger partial charge >= 0.3 is 6.03 Å². The summed E-state index contributed by atoms with van der Waals surface area (Å²) in [4.78, 5) is 70.1. The van der Waals surface area contributed by atoms with Gasteiger partial charge in [-0.15, -0.1) is 6.58 Å². The summed E-state index contributed by atoms with van der Waals surface area (Å²) in [6.07, 6.45) is 14.6. The van der Waals surface area contributed by atoms with Crippen LogP contribution >= 0.6 is 0 Å². The van der Waals surface area contributed by atoms with Crippen LogP contribution in [-0.2, 0) is 29.0 Å². The molecular weight excluding hydrogens is 671 g/mol. The molecule has 3 aliphatic heterocycles. The first kappa shape index (κ1) is 40.8. The van der Waals surface area contributed by atoms with Gasteiger partial charge in [0.15, 0.2) is 9.84 Å². The number of hydrogen-bond acceptors (Lipinski definition) is 7. The highest BCUT2D eigenvalue weighted by Crippen LogP contribution is 2.40. The largest absolute Gasteiger partial charge is 0.346 e. The van der Waals surface area contributed by atoms with Crippen molar-refractivity contribution in [3.05, 3.63) is 12.7 Å². The van der Waals surface area contributed by atoms with E-state index in [1.165, 1.54) is 6.08 Å². The van der Waals surface area contributed by atoms with Gasteiger partial charge in [0.05, 0.1) is 22.6 Å². The lowest BCUT2D eigenvalue weighted by molar-refractivity contribution is -0.142. The van der Waals surface area contributed by atoms with E-state index in [0.29, 0.717) is 64.3 Å². The molecule has 4 aliphatic rings. The Bertz CT molecular complexity index is 1370. The van der Waals surface area contributed by atoms with Crippen molar-refractivity contribution in [3.63, 3.8) is 0 Å². The Labute approximate surface area is 305 Å². The van der Waals surface area contributed by atoms with Crippen LogP contribution in [0.15, 0.2) is 12.7 Å². The predicted molar refractivity (Wildman–Crippen MR) is 197 cm³/mol. The highest BCUT2D eigenvalue weighted by Gasteiger charge is 2.50. The van der Waals surface area contributed by atoms with Gasteiger partial charge in [0.2, 0.25) is 17.6 Å². The van der Waals surface area contributed by atoms with Crippen molar-refractivity contribution in [1.29, 1.82) is 0 Å². The first-order chi connectivity index (χ1) is 24.2. The van der Waals surface area contributed by atoms with E-state index in [2.05, 4.69) is 48.6 Å². The van der Waals surface area contributed by atoms with E-state index in [1.54, 1.807) is 4.90 Å². The summed E-state index contributed by atoms with van der Waals surface area (Å²) in [5.74, 6) is -2.24. The van der Waals surface area contributed by atoms with Crippen molar-refractivity contribution >= 4 is 39.4 Å². The number of fused-ring (bicyclic) bond motifs is 1. The molecule has 4 N–H and O–H groups in total. The van der Waals surface area contributed by atoms with Gasteiger partial charge in [-0.25, -0.2) is 13.2 Å². The fraction of sp³-hybridized carbons (Fsp3) is 0.816. The maximum atomic E-state index is 14.6. The molecular formula is C38H63N5O7S. The third-order valence-electron chi connectivity index (χ3n) is 11.8. The van der Waals surface area contributed by atoms with Crippen molar-refractivity contribution in [3.8, 4) is 0 Å². The molecule has 1 saturated carbocycles. The Balaban J connectivity index is 1.60. The summed E-state index contributed by atoms with van der Waals surface area (Å²) in [7, 11) is -3.35. The van der Waals surface area contributed by atoms with Crippen LogP contribution in [0.2, 0.25) is 0 Å². The molecule has 0 aromatic rings. The summed E-state index contributed by atoms with van der Waals surface area (Å²) in [5, 5.41) is 10.8. The van der Waals surface area contributed by atoms with Crippen molar-refractivity contribution in [2.24, 2.45) is 11.3 Å². The van der Waals surface area contributed by atoms with Crippen molar-refractivity contribution < 1.29 is 32.4 Å².